The molecule has 58 valence electrons. The minimum absolute atomic E-state index is 0.180. The first kappa shape index (κ1) is 7.11. The van der Waals surface area contributed by atoms with Crippen LogP contribution in [-0.2, 0) is 0 Å². The summed E-state index contributed by atoms with van der Waals surface area (Å²) in [4.78, 5) is 0. The summed E-state index contributed by atoms with van der Waals surface area (Å²) in [5.41, 5.74) is 1.16. The van der Waals surface area contributed by atoms with Gasteiger partial charge in [0.25, 0.3) is 0 Å². The van der Waals surface area contributed by atoms with E-state index in [1.807, 2.05) is 12.1 Å². The summed E-state index contributed by atoms with van der Waals surface area (Å²) in [6.45, 7) is 0. The average Bonchev–Trinajstić information content (AvgIpc) is 2.69. The highest BCUT2D eigenvalue weighted by Gasteiger charge is 2.36. The van der Waals surface area contributed by atoms with E-state index in [-0.39, 0.29) is 11.2 Å². The summed E-state index contributed by atoms with van der Waals surface area (Å²) >= 11 is 5.83. The maximum Gasteiger partial charge on any atom is 0.123 e. The van der Waals surface area contributed by atoms with Gasteiger partial charge in [-0.05, 0) is 24.1 Å². The van der Waals surface area contributed by atoms with E-state index in [0.29, 0.717) is 5.92 Å². The number of alkyl halides is 1. The van der Waals surface area contributed by atoms with Gasteiger partial charge < -0.3 is 0 Å². The topological polar surface area (TPSA) is 0 Å². The Bertz CT molecular complexity index is 255. The third kappa shape index (κ3) is 1.38. The molecule has 1 fully saturated rings. The standard InChI is InChI=1S/C9H8ClF/c10-9-5-8(9)6-1-3-7(11)4-2-6/h1-4,8-9H,5H2/t8?,9-/m1/s1. The Labute approximate surface area is 70.0 Å². The molecule has 0 aliphatic heterocycles. The summed E-state index contributed by atoms with van der Waals surface area (Å²) in [6.07, 6.45) is 1.03. The second-order valence-corrected chi connectivity index (χ2v) is 3.47. The van der Waals surface area contributed by atoms with Crippen LogP contribution in [0.15, 0.2) is 24.3 Å². The van der Waals surface area contributed by atoms with E-state index in [2.05, 4.69) is 0 Å². The second-order valence-electron chi connectivity index (χ2n) is 2.91. The molecule has 1 aromatic rings. The van der Waals surface area contributed by atoms with Crippen molar-refractivity contribution in [2.45, 2.75) is 17.7 Å². The Kier molecular flexibility index (Phi) is 1.61. The van der Waals surface area contributed by atoms with Crippen molar-refractivity contribution in [1.29, 1.82) is 0 Å². The molecule has 1 aliphatic carbocycles. The van der Waals surface area contributed by atoms with Crippen molar-refractivity contribution in [3.8, 4) is 0 Å². The van der Waals surface area contributed by atoms with Crippen molar-refractivity contribution >= 4 is 11.6 Å². The molecule has 1 saturated carbocycles. The Hall–Kier alpha value is -0.560. The van der Waals surface area contributed by atoms with Crippen molar-refractivity contribution in [3.63, 3.8) is 0 Å². The molecular formula is C9H8ClF. The molecule has 1 aromatic carbocycles. The fourth-order valence-corrected chi connectivity index (χ4v) is 1.56. The van der Waals surface area contributed by atoms with Gasteiger partial charge >= 0.3 is 0 Å². The van der Waals surface area contributed by atoms with Gasteiger partial charge in [-0.3, -0.25) is 0 Å². The predicted molar refractivity (Wildman–Crippen MR) is 43.4 cm³/mol. The Morgan fingerprint density at radius 1 is 1.27 bits per heavy atom. The van der Waals surface area contributed by atoms with Crippen molar-refractivity contribution in [2.24, 2.45) is 0 Å². The quantitative estimate of drug-likeness (QED) is 0.569. The van der Waals surface area contributed by atoms with E-state index in [0.717, 1.165) is 12.0 Å². The molecule has 0 nitrogen and oxygen atoms in total. The molecule has 0 N–H and O–H groups in total. The van der Waals surface area contributed by atoms with E-state index in [1.54, 1.807) is 0 Å². The molecule has 0 aromatic heterocycles. The number of hydrogen-bond donors (Lipinski definition) is 0. The van der Waals surface area contributed by atoms with Gasteiger partial charge in [0, 0.05) is 11.3 Å². The number of benzene rings is 1. The SMILES string of the molecule is Fc1ccc(C2C[C@H]2Cl)cc1. The average molecular weight is 171 g/mol. The first-order valence-electron chi connectivity index (χ1n) is 3.67. The van der Waals surface area contributed by atoms with Crippen LogP contribution in [0.4, 0.5) is 4.39 Å². The molecule has 0 spiro atoms. The summed E-state index contributed by atoms with van der Waals surface area (Å²) < 4.78 is 12.4. The largest absolute Gasteiger partial charge is 0.207 e. The first-order valence-corrected chi connectivity index (χ1v) is 4.10. The summed E-state index contributed by atoms with van der Waals surface area (Å²) in [7, 11) is 0. The number of halogens is 2. The summed E-state index contributed by atoms with van der Waals surface area (Å²) in [5.74, 6) is 0.290. The Balaban J connectivity index is 2.21. The highest BCUT2D eigenvalue weighted by Crippen LogP contribution is 2.44. The van der Waals surface area contributed by atoms with Gasteiger partial charge in [0.05, 0.1) is 0 Å². The Morgan fingerprint density at radius 3 is 2.27 bits per heavy atom. The normalized spacial score (nSPS) is 28.5. The zero-order chi connectivity index (χ0) is 7.84. The molecule has 2 rings (SSSR count). The lowest BCUT2D eigenvalue weighted by Crippen LogP contribution is -1.81. The molecule has 0 heterocycles. The van der Waals surface area contributed by atoms with Gasteiger partial charge in [0.2, 0.25) is 0 Å². The van der Waals surface area contributed by atoms with Gasteiger partial charge in [0.15, 0.2) is 0 Å². The van der Waals surface area contributed by atoms with Crippen LogP contribution in [0.5, 0.6) is 0 Å². The van der Waals surface area contributed by atoms with Crippen molar-refractivity contribution < 1.29 is 4.39 Å². The predicted octanol–water partition coefficient (Wildman–Crippen LogP) is 2.92. The second kappa shape index (κ2) is 2.49. The lowest BCUT2D eigenvalue weighted by atomic mass is 10.1. The molecule has 11 heavy (non-hydrogen) atoms. The Morgan fingerprint density at radius 2 is 1.82 bits per heavy atom. The van der Waals surface area contributed by atoms with E-state index in [4.69, 9.17) is 11.6 Å². The number of rotatable bonds is 1. The van der Waals surface area contributed by atoms with E-state index in [9.17, 15) is 4.39 Å². The van der Waals surface area contributed by atoms with Crippen LogP contribution >= 0.6 is 11.6 Å². The highest BCUT2D eigenvalue weighted by atomic mass is 35.5. The van der Waals surface area contributed by atoms with E-state index in [1.165, 1.54) is 12.1 Å². The molecule has 2 heteroatoms. The van der Waals surface area contributed by atoms with Gasteiger partial charge in [0.1, 0.15) is 5.82 Å². The molecular weight excluding hydrogens is 163 g/mol. The minimum atomic E-state index is -0.180. The van der Waals surface area contributed by atoms with Gasteiger partial charge in [-0.15, -0.1) is 11.6 Å². The molecule has 0 amide bonds. The molecule has 2 atom stereocenters. The van der Waals surface area contributed by atoms with Gasteiger partial charge in [-0.1, -0.05) is 12.1 Å². The third-order valence-electron chi connectivity index (χ3n) is 2.01. The van der Waals surface area contributed by atoms with Crippen LogP contribution in [-0.4, -0.2) is 5.38 Å². The fourth-order valence-electron chi connectivity index (χ4n) is 1.22. The first-order chi connectivity index (χ1) is 5.27. The summed E-state index contributed by atoms with van der Waals surface area (Å²) in [5, 5.41) is 0.278. The molecule has 0 radical (unpaired) electrons. The van der Waals surface area contributed by atoms with Crippen LogP contribution in [0, 0.1) is 5.82 Å². The zero-order valence-corrected chi connectivity index (χ0v) is 6.68. The third-order valence-corrected chi connectivity index (χ3v) is 2.49. The minimum Gasteiger partial charge on any atom is -0.207 e. The van der Waals surface area contributed by atoms with Crippen LogP contribution < -0.4 is 0 Å². The van der Waals surface area contributed by atoms with E-state index >= 15 is 0 Å². The van der Waals surface area contributed by atoms with Gasteiger partial charge in [-0.25, -0.2) is 4.39 Å². The van der Waals surface area contributed by atoms with Gasteiger partial charge in [-0.2, -0.15) is 0 Å². The zero-order valence-electron chi connectivity index (χ0n) is 5.93. The van der Waals surface area contributed by atoms with Crippen molar-refractivity contribution in [2.75, 3.05) is 0 Å². The highest BCUT2D eigenvalue weighted by molar-refractivity contribution is 6.23. The number of hydrogen-bond acceptors (Lipinski definition) is 0. The monoisotopic (exact) mass is 170 g/mol. The maximum atomic E-state index is 12.4. The molecule has 0 saturated heterocycles. The molecule has 1 unspecified atom stereocenters. The van der Waals surface area contributed by atoms with Crippen molar-refractivity contribution in [3.05, 3.63) is 35.6 Å². The van der Waals surface area contributed by atoms with Crippen LogP contribution in [0.3, 0.4) is 0 Å². The summed E-state index contributed by atoms with van der Waals surface area (Å²) in [6, 6.07) is 6.58. The molecule has 0 bridgehead atoms. The van der Waals surface area contributed by atoms with Crippen molar-refractivity contribution in [1.82, 2.24) is 0 Å². The van der Waals surface area contributed by atoms with Crippen LogP contribution in [0.25, 0.3) is 0 Å². The van der Waals surface area contributed by atoms with Crippen LogP contribution in [0.1, 0.15) is 17.9 Å². The molecule has 1 aliphatic rings. The smallest absolute Gasteiger partial charge is 0.123 e. The maximum absolute atomic E-state index is 12.4. The van der Waals surface area contributed by atoms with E-state index < -0.39 is 0 Å². The lowest BCUT2D eigenvalue weighted by molar-refractivity contribution is 0.627. The van der Waals surface area contributed by atoms with Crippen LogP contribution in [0.2, 0.25) is 0 Å². The lowest BCUT2D eigenvalue weighted by Gasteiger charge is -1.95. The fraction of sp³-hybridized carbons (Fsp3) is 0.333.